The molecule has 1 aromatic heterocycles. The zero-order valence-electron chi connectivity index (χ0n) is 18.0. The van der Waals surface area contributed by atoms with Gasteiger partial charge in [0, 0.05) is 17.0 Å². The molecule has 0 radical (unpaired) electrons. The predicted octanol–water partition coefficient (Wildman–Crippen LogP) is 4.22. The molecule has 0 saturated carbocycles. The largest absolute Gasteiger partial charge is 0.508 e. The molecule has 1 heterocycles. The van der Waals surface area contributed by atoms with Crippen LogP contribution in [-0.4, -0.2) is 32.2 Å². The number of hydrogen-bond acceptors (Lipinski definition) is 5. The summed E-state index contributed by atoms with van der Waals surface area (Å²) in [7, 11) is -3.25. The molecule has 170 valence electrons. The maximum absolute atomic E-state index is 13.2. The van der Waals surface area contributed by atoms with Gasteiger partial charge in [-0.1, -0.05) is 60.7 Å². The van der Waals surface area contributed by atoms with Crippen LogP contribution in [0, 0.1) is 0 Å². The first kappa shape index (κ1) is 23.0. The number of amides is 1. The fraction of sp³-hybridized carbons (Fsp3) is 0.160. The molecule has 0 fully saturated rings. The molecule has 0 aliphatic carbocycles. The van der Waals surface area contributed by atoms with Crippen molar-refractivity contribution in [2.45, 2.75) is 12.5 Å². The molecular weight excluding hydrogens is 456 g/mol. The van der Waals surface area contributed by atoms with E-state index in [-0.39, 0.29) is 18.2 Å². The highest BCUT2D eigenvalue weighted by Crippen LogP contribution is 2.36. The number of fused-ring (bicyclic) bond motifs is 1. The first-order chi connectivity index (χ1) is 15.8. The molecule has 3 aromatic carbocycles. The van der Waals surface area contributed by atoms with Gasteiger partial charge in [0.25, 0.3) is 5.91 Å². The number of phenols is 1. The number of benzene rings is 3. The van der Waals surface area contributed by atoms with E-state index in [9.17, 15) is 18.3 Å². The molecule has 1 amide bonds. The summed E-state index contributed by atoms with van der Waals surface area (Å²) in [6.07, 6.45) is 1.62. The van der Waals surface area contributed by atoms with Crippen molar-refractivity contribution < 1.29 is 18.3 Å². The molecule has 0 aliphatic heterocycles. The number of nitrogens with one attached hydrogen (secondary N) is 2. The van der Waals surface area contributed by atoms with E-state index >= 15 is 0 Å². The van der Waals surface area contributed by atoms with Gasteiger partial charge in [-0.3, -0.25) is 4.79 Å². The van der Waals surface area contributed by atoms with Crippen molar-refractivity contribution in [1.82, 2.24) is 10.0 Å². The Morgan fingerprint density at radius 2 is 1.70 bits per heavy atom. The van der Waals surface area contributed by atoms with Gasteiger partial charge in [0.05, 0.1) is 17.2 Å². The lowest BCUT2D eigenvalue weighted by molar-refractivity contribution is 0.0947. The summed E-state index contributed by atoms with van der Waals surface area (Å²) in [6, 6.07) is 23.8. The number of carbonyl (C=O) groups excluding carboxylic acids is 1. The van der Waals surface area contributed by atoms with Crippen LogP contribution in [0.25, 0.3) is 10.8 Å². The minimum Gasteiger partial charge on any atom is -0.508 e. The standard InChI is InChI=1S/C25H24N2O4S2/c1-33(30,31)26-16-15-19-12-14-22(32-19)25(29)27-24(18-8-3-2-4-9-18)23-20-10-6-5-7-17(20)11-13-21(23)28/h2-14,24,26,28H,15-16H2,1H3,(H,27,29). The van der Waals surface area contributed by atoms with Crippen LogP contribution in [0.3, 0.4) is 0 Å². The Labute approximate surface area is 197 Å². The Hall–Kier alpha value is -3.20. The van der Waals surface area contributed by atoms with E-state index in [1.165, 1.54) is 11.3 Å². The molecule has 1 unspecified atom stereocenters. The third kappa shape index (κ3) is 5.60. The van der Waals surface area contributed by atoms with Gasteiger partial charge in [0.15, 0.2) is 0 Å². The number of carbonyl (C=O) groups is 1. The quantitative estimate of drug-likeness (QED) is 0.352. The lowest BCUT2D eigenvalue weighted by atomic mass is 9.92. The van der Waals surface area contributed by atoms with Crippen LogP contribution in [0.1, 0.15) is 31.7 Å². The summed E-state index contributed by atoms with van der Waals surface area (Å²) in [5, 5.41) is 15.7. The third-order valence-electron chi connectivity index (χ3n) is 5.27. The lowest BCUT2D eigenvalue weighted by Crippen LogP contribution is -2.29. The summed E-state index contributed by atoms with van der Waals surface area (Å²) in [5.74, 6) is -0.148. The molecular formula is C25H24N2O4S2. The molecule has 3 N–H and O–H groups in total. The monoisotopic (exact) mass is 480 g/mol. The van der Waals surface area contributed by atoms with E-state index in [2.05, 4.69) is 10.0 Å². The fourth-order valence-corrected chi connectivity index (χ4v) is 5.13. The average molecular weight is 481 g/mol. The number of phenolic OH excluding ortho intramolecular Hbond substituents is 1. The molecule has 8 heteroatoms. The van der Waals surface area contributed by atoms with Crippen molar-refractivity contribution in [3.8, 4) is 5.75 Å². The van der Waals surface area contributed by atoms with Gasteiger partial charge in [-0.05, 0) is 41.0 Å². The van der Waals surface area contributed by atoms with E-state index in [1.807, 2.05) is 66.7 Å². The van der Waals surface area contributed by atoms with Crippen LogP contribution >= 0.6 is 11.3 Å². The summed E-state index contributed by atoms with van der Waals surface area (Å²) in [5.41, 5.74) is 1.49. The van der Waals surface area contributed by atoms with Crippen LogP contribution in [0.4, 0.5) is 0 Å². The van der Waals surface area contributed by atoms with E-state index in [4.69, 9.17) is 0 Å². The first-order valence-corrected chi connectivity index (χ1v) is 13.1. The van der Waals surface area contributed by atoms with Crippen molar-refractivity contribution >= 4 is 38.0 Å². The van der Waals surface area contributed by atoms with Crippen LogP contribution in [0.5, 0.6) is 5.75 Å². The van der Waals surface area contributed by atoms with E-state index in [0.29, 0.717) is 16.9 Å². The second-order valence-corrected chi connectivity index (χ2v) is 10.7. The fourth-order valence-electron chi connectivity index (χ4n) is 3.75. The van der Waals surface area contributed by atoms with Gasteiger partial charge in [0.1, 0.15) is 5.75 Å². The van der Waals surface area contributed by atoms with Gasteiger partial charge in [0.2, 0.25) is 10.0 Å². The van der Waals surface area contributed by atoms with Gasteiger partial charge in [-0.25, -0.2) is 13.1 Å². The Kier molecular flexibility index (Phi) is 6.78. The molecule has 0 spiro atoms. The van der Waals surface area contributed by atoms with Crippen molar-refractivity contribution in [2.24, 2.45) is 0 Å². The van der Waals surface area contributed by atoms with Gasteiger partial charge in [-0.2, -0.15) is 0 Å². The Balaban J connectivity index is 1.63. The van der Waals surface area contributed by atoms with Gasteiger partial charge >= 0.3 is 0 Å². The lowest BCUT2D eigenvalue weighted by Gasteiger charge is -2.22. The minimum atomic E-state index is -3.25. The van der Waals surface area contributed by atoms with Gasteiger partial charge in [-0.15, -0.1) is 11.3 Å². The highest BCUT2D eigenvalue weighted by Gasteiger charge is 2.23. The SMILES string of the molecule is CS(=O)(=O)NCCc1ccc(C(=O)NC(c2ccccc2)c2c(O)ccc3ccccc23)s1. The van der Waals surface area contributed by atoms with Crippen molar-refractivity contribution in [3.63, 3.8) is 0 Å². The van der Waals surface area contributed by atoms with Crippen molar-refractivity contribution in [3.05, 3.63) is 99.7 Å². The highest BCUT2D eigenvalue weighted by molar-refractivity contribution is 7.88. The molecule has 4 aromatic rings. The molecule has 0 aliphatic rings. The maximum Gasteiger partial charge on any atom is 0.262 e. The Bertz CT molecular complexity index is 1380. The smallest absolute Gasteiger partial charge is 0.262 e. The van der Waals surface area contributed by atoms with E-state index in [1.54, 1.807) is 12.1 Å². The van der Waals surface area contributed by atoms with E-state index < -0.39 is 16.1 Å². The van der Waals surface area contributed by atoms with Crippen molar-refractivity contribution in [2.75, 3.05) is 12.8 Å². The predicted molar refractivity (Wildman–Crippen MR) is 132 cm³/mol. The van der Waals surface area contributed by atoms with Gasteiger partial charge < -0.3 is 10.4 Å². The number of sulfonamides is 1. The topological polar surface area (TPSA) is 95.5 Å². The first-order valence-electron chi connectivity index (χ1n) is 10.4. The average Bonchev–Trinajstić information content (AvgIpc) is 3.26. The van der Waals surface area contributed by atoms with Crippen LogP contribution in [-0.2, 0) is 16.4 Å². The minimum absolute atomic E-state index is 0.113. The molecule has 4 rings (SSSR count). The number of aromatic hydroxyl groups is 1. The normalized spacial score (nSPS) is 12.5. The molecule has 6 nitrogen and oxygen atoms in total. The van der Waals surface area contributed by atoms with Crippen LogP contribution < -0.4 is 10.0 Å². The van der Waals surface area contributed by atoms with Crippen LogP contribution in [0.2, 0.25) is 0 Å². The zero-order chi connectivity index (χ0) is 23.4. The molecule has 0 bridgehead atoms. The number of hydrogen-bond donors (Lipinski definition) is 3. The Morgan fingerprint density at radius 3 is 2.45 bits per heavy atom. The molecule has 1 atom stereocenters. The maximum atomic E-state index is 13.2. The Morgan fingerprint density at radius 1 is 0.970 bits per heavy atom. The number of rotatable bonds is 8. The van der Waals surface area contributed by atoms with Crippen molar-refractivity contribution in [1.29, 1.82) is 0 Å². The number of thiophene rings is 1. The third-order valence-corrected chi connectivity index (χ3v) is 7.14. The summed E-state index contributed by atoms with van der Waals surface area (Å²) in [6.45, 7) is 0.275. The second kappa shape index (κ2) is 9.74. The molecule has 33 heavy (non-hydrogen) atoms. The van der Waals surface area contributed by atoms with E-state index in [0.717, 1.165) is 27.5 Å². The van der Waals surface area contributed by atoms with Crippen LogP contribution in [0.15, 0.2) is 78.9 Å². The second-order valence-electron chi connectivity index (χ2n) is 7.72. The summed E-state index contributed by atoms with van der Waals surface area (Å²) < 4.78 is 25.0. The molecule has 0 saturated heterocycles. The summed E-state index contributed by atoms with van der Waals surface area (Å²) >= 11 is 1.32. The highest BCUT2D eigenvalue weighted by atomic mass is 32.2. The summed E-state index contributed by atoms with van der Waals surface area (Å²) in [4.78, 5) is 14.6. The zero-order valence-corrected chi connectivity index (χ0v) is 19.6.